The van der Waals surface area contributed by atoms with Gasteiger partial charge in [-0.1, -0.05) is 72.8 Å². The van der Waals surface area contributed by atoms with Crippen LogP contribution >= 0.6 is 20.1 Å². The van der Waals surface area contributed by atoms with Crippen LogP contribution in [-0.2, 0) is 12.4 Å². The molecule has 0 spiro atoms. The normalized spacial score (nSPS) is 14.6. The first kappa shape index (κ1) is 27.9. The molecule has 0 amide bonds. The van der Waals surface area contributed by atoms with Gasteiger partial charge < -0.3 is 10.6 Å². The van der Waals surface area contributed by atoms with Crippen molar-refractivity contribution in [3.05, 3.63) is 113 Å². The number of halogens is 6. The third-order valence-corrected chi connectivity index (χ3v) is 8.70. The fraction of sp³-hybridized carbons (Fsp3) is 0.179. The minimum Gasteiger partial charge on any atom is -0.356 e. The average Bonchev–Trinajstić information content (AvgIpc) is 3.34. The summed E-state index contributed by atoms with van der Waals surface area (Å²) in [6, 6.07) is 21.1. The van der Waals surface area contributed by atoms with E-state index in [9.17, 15) is 26.3 Å². The third-order valence-electron chi connectivity index (χ3n) is 5.93. The summed E-state index contributed by atoms with van der Waals surface area (Å²) < 4.78 is 79.4. The molecule has 0 saturated carbocycles. The van der Waals surface area contributed by atoms with Gasteiger partial charge in [0, 0.05) is 11.7 Å². The van der Waals surface area contributed by atoms with Crippen molar-refractivity contribution in [2.45, 2.75) is 31.7 Å². The molecule has 2 nitrogen and oxygen atoms in total. The lowest BCUT2D eigenvalue weighted by Crippen LogP contribution is -2.37. The quantitative estimate of drug-likeness (QED) is 0.182. The van der Waals surface area contributed by atoms with E-state index < -0.39 is 37.1 Å². The third kappa shape index (κ3) is 6.63. The zero-order valence-electron chi connectivity index (χ0n) is 20.1. The number of hydrogen-bond acceptors (Lipinski definition) is 1. The lowest BCUT2D eigenvalue weighted by molar-refractivity contribution is -0.143. The summed E-state index contributed by atoms with van der Waals surface area (Å²) in [7, 11) is -0.893. The summed E-state index contributed by atoms with van der Waals surface area (Å²) in [5.74, 6) is 0. The Morgan fingerprint density at radius 3 is 1.79 bits per heavy atom. The molecule has 2 N–H and O–H groups in total. The van der Waals surface area contributed by atoms with Crippen LogP contribution in [0.5, 0.6) is 0 Å². The number of allylic oxidation sites excluding steroid dienone is 3. The molecule has 0 aliphatic heterocycles. The second-order valence-corrected chi connectivity index (χ2v) is 11.2. The summed E-state index contributed by atoms with van der Waals surface area (Å²) in [6.45, 7) is 1.87. The van der Waals surface area contributed by atoms with E-state index in [4.69, 9.17) is 12.2 Å². The first-order chi connectivity index (χ1) is 17.9. The number of rotatable bonds is 6. The number of anilines is 1. The van der Waals surface area contributed by atoms with Crippen molar-refractivity contribution in [1.82, 2.24) is 5.32 Å². The summed E-state index contributed by atoms with van der Waals surface area (Å²) in [4.78, 5) is 0. The monoisotopic (exact) mass is 564 g/mol. The Kier molecular flexibility index (Phi) is 8.28. The van der Waals surface area contributed by atoms with Crippen LogP contribution in [0.2, 0.25) is 0 Å². The highest BCUT2D eigenvalue weighted by Gasteiger charge is 2.37. The van der Waals surface area contributed by atoms with Crippen LogP contribution in [0, 0.1) is 0 Å². The maximum absolute atomic E-state index is 13.2. The maximum atomic E-state index is 13.2. The van der Waals surface area contributed by atoms with Crippen molar-refractivity contribution in [1.29, 1.82) is 0 Å². The first-order valence-corrected chi connectivity index (χ1v) is 13.4. The summed E-state index contributed by atoms with van der Waals surface area (Å²) >= 11 is 5.29. The molecule has 38 heavy (non-hydrogen) atoms. The molecule has 1 atom stereocenters. The number of nitrogens with one attached hydrogen (secondary N) is 2. The molecule has 10 heteroatoms. The first-order valence-electron chi connectivity index (χ1n) is 11.6. The molecule has 0 aromatic heterocycles. The van der Waals surface area contributed by atoms with E-state index in [0.29, 0.717) is 18.6 Å². The van der Waals surface area contributed by atoms with Crippen molar-refractivity contribution < 1.29 is 26.3 Å². The van der Waals surface area contributed by atoms with Gasteiger partial charge in [-0.2, -0.15) is 26.3 Å². The second-order valence-electron chi connectivity index (χ2n) is 8.64. The number of alkyl halides is 6. The molecule has 0 radical (unpaired) electrons. The molecule has 3 aromatic carbocycles. The van der Waals surface area contributed by atoms with Gasteiger partial charge in [0.25, 0.3) is 0 Å². The lowest BCUT2D eigenvalue weighted by Gasteiger charge is -2.25. The standard InChI is InChI=1S/C28H23F6N2PS/c1-18(35-26(38)36-21-16-19(27(29,30)31)15-20(17-21)28(32,33)34)24-13-8-14-25(24)37(22-9-4-2-5-10-22)23-11-6-3-7-12-23/h2-12,14-18H,13H2,1H3,(H2,35,36,38)/t18-/m0/s1. The van der Waals surface area contributed by atoms with Crippen LogP contribution in [0.25, 0.3) is 0 Å². The minimum atomic E-state index is -4.94. The van der Waals surface area contributed by atoms with Gasteiger partial charge in [-0.3, -0.25) is 0 Å². The van der Waals surface area contributed by atoms with Gasteiger partial charge in [0.2, 0.25) is 0 Å². The fourth-order valence-corrected chi connectivity index (χ4v) is 7.10. The molecular weight excluding hydrogens is 541 g/mol. The van der Waals surface area contributed by atoms with E-state index in [2.05, 4.69) is 41.0 Å². The number of hydrogen-bond donors (Lipinski definition) is 2. The highest BCUT2D eigenvalue weighted by molar-refractivity contribution is 7.80. The van der Waals surface area contributed by atoms with Crippen LogP contribution in [0.3, 0.4) is 0 Å². The summed E-state index contributed by atoms with van der Waals surface area (Å²) in [5, 5.41) is 8.92. The van der Waals surface area contributed by atoms with Gasteiger partial charge in [0.1, 0.15) is 0 Å². The smallest absolute Gasteiger partial charge is 0.356 e. The molecule has 0 heterocycles. The molecule has 1 aliphatic rings. The van der Waals surface area contributed by atoms with Gasteiger partial charge >= 0.3 is 12.4 Å². The Balaban J connectivity index is 1.60. The van der Waals surface area contributed by atoms with Crippen LogP contribution in [0.1, 0.15) is 24.5 Å². The Labute approximate surface area is 223 Å². The molecule has 0 fully saturated rings. The molecule has 0 unspecified atom stereocenters. The zero-order chi connectivity index (χ0) is 27.5. The molecule has 4 rings (SSSR count). The molecule has 1 aliphatic carbocycles. The van der Waals surface area contributed by atoms with E-state index in [-0.39, 0.29) is 17.2 Å². The topological polar surface area (TPSA) is 24.1 Å². The van der Waals surface area contributed by atoms with Crippen molar-refractivity contribution in [2.75, 3.05) is 5.32 Å². The highest BCUT2D eigenvalue weighted by atomic mass is 32.1. The molecule has 0 bridgehead atoms. The Hall–Kier alpha value is -3.16. The largest absolute Gasteiger partial charge is 0.416 e. The zero-order valence-corrected chi connectivity index (χ0v) is 21.8. The fourth-order valence-electron chi connectivity index (χ4n) is 4.19. The van der Waals surface area contributed by atoms with Gasteiger partial charge in [-0.15, -0.1) is 0 Å². The number of thiocarbonyl (C=S) groups is 1. The van der Waals surface area contributed by atoms with Crippen LogP contribution < -0.4 is 21.2 Å². The van der Waals surface area contributed by atoms with Crippen molar-refractivity contribution in [3.8, 4) is 0 Å². The van der Waals surface area contributed by atoms with E-state index in [1.165, 1.54) is 0 Å². The van der Waals surface area contributed by atoms with Crippen LogP contribution in [0.15, 0.2) is 102 Å². The predicted octanol–water partition coefficient (Wildman–Crippen LogP) is 7.75. The van der Waals surface area contributed by atoms with Gasteiger partial charge in [0.15, 0.2) is 5.11 Å². The van der Waals surface area contributed by atoms with Gasteiger partial charge in [-0.25, -0.2) is 0 Å². The van der Waals surface area contributed by atoms with E-state index >= 15 is 0 Å². The number of benzene rings is 3. The summed E-state index contributed by atoms with van der Waals surface area (Å²) in [5.41, 5.74) is -2.17. The van der Waals surface area contributed by atoms with E-state index in [1.54, 1.807) is 0 Å². The SMILES string of the molecule is C[C@H](NC(=S)Nc1cc(C(F)(F)F)cc(C(F)(F)F)c1)C1=C(P(c2ccccc2)c2ccccc2)C=CC1. The predicted molar refractivity (Wildman–Crippen MR) is 145 cm³/mol. The maximum Gasteiger partial charge on any atom is 0.416 e. The molecule has 3 aromatic rings. The molecular formula is C28H23F6N2PS. The van der Waals surface area contributed by atoms with E-state index in [1.807, 2.05) is 49.4 Å². The summed E-state index contributed by atoms with van der Waals surface area (Å²) in [6.07, 6.45) is -5.12. The second kappa shape index (κ2) is 11.3. The molecule has 198 valence electrons. The Morgan fingerprint density at radius 1 is 0.816 bits per heavy atom. The lowest BCUT2D eigenvalue weighted by atomic mass is 10.1. The highest BCUT2D eigenvalue weighted by Crippen LogP contribution is 2.48. The average molecular weight is 565 g/mol. The van der Waals surface area contributed by atoms with Crippen molar-refractivity contribution in [2.24, 2.45) is 0 Å². The van der Waals surface area contributed by atoms with Crippen LogP contribution in [-0.4, -0.2) is 11.2 Å². The Bertz CT molecular complexity index is 1280. The van der Waals surface area contributed by atoms with Crippen LogP contribution in [0.4, 0.5) is 32.0 Å². The van der Waals surface area contributed by atoms with Crippen molar-refractivity contribution >= 4 is 41.5 Å². The minimum absolute atomic E-state index is 0.0764. The Morgan fingerprint density at radius 2 is 1.32 bits per heavy atom. The van der Waals surface area contributed by atoms with Gasteiger partial charge in [0.05, 0.1) is 11.1 Å². The van der Waals surface area contributed by atoms with Gasteiger partial charge in [-0.05, 0) is 73.2 Å². The van der Waals surface area contributed by atoms with Crippen molar-refractivity contribution in [3.63, 3.8) is 0 Å². The van der Waals surface area contributed by atoms with E-state index in [0.717, 1.165) is 21.5 Å². The molecule has 0 saturated heterocycles.